The quantitative estimate of drug-likeness (QED) is 0.746. The van der Waals surface area contributed by atoms with Crippen LogP contribution in [0.5, 0.6) is 0 Å². The number of nitrogens with zero attached hydrogens (tertiary/aromatic N) is 1. The molecular weight excluding hydrogens is 210 g/mol. The smallest absolute Gasteiger partial charge is 0.0764 e. The summed E-state index contributed by atoms with van der Waals surface area (Å²) in [5.74, 6) is 2.30. The minimum atomic E-state index is 0.0496. The molecule has 17 heavy (non-hydrogen) atoms. The SMILES string of the molecule is CC(C)OC1C(C)CC(C(C)C)C(C)C1C#N. The highest BCUT2D eigenvalue weighted by Gasteiger charge is 2.42. The third kappa shape index (κ3) is 3.22. The molecule has 0 N–H and O–H groups in total. The van der Waals surface area contributed by atoms with Gasteiger partial charge in [0.1, 0.15) is 0 Å². The molecule has 0 radical (unpaired) electrons. The third-order valence-corrected chi connectivity index (χ3v) is 4.24. The van der Waals surface area contributed by atoms with E-state index in [4.69, 9.17) is 4.74 Å². The summed E-state index contributed by atoms with van der Waals surface area (Å²) in [6.45, 7) is 13.1. The number of nitriles is 1. The first-order chi connectivity index (χ1) is 7.88. The van der Waals surface area contributed by atoms with Crippen LogP contribution in [0, 0.1) is 40.9 Å². The molecule has 0 aromatic heterocycles. The van der Waals surface area contributed by atoms with Crippen molar-refractivity contribution in [3.8, 4) is 6.07 Å². The first kappa shape index (κ1) is 14.5. The molecule has 0 saturated heterocycles. The molecule has 5 atom stereocenters. The largest absolute Gasteiger partial charge is 0.374 e. The normalized spacial score (nSPS) is 38.4. The van der Waals surface area contributed by atoms with Crippen molar-refractivity contribution in [1.82, 2.24) is 0 Å². The van der Waals surface area contributed by atoms with Crippen molar-refractivity contribution in [3.63, 3.8) is 0 Å². The summed E-state index contributed by atoms with van der Waals surface area (Å²) >= 11 is 0. The fraction of sp³-hybridized carbons (Fsp3) is 0.933. The second-order valence-corrected chi connectivity index (χ2v) is 6.28. The van der Waals surface area contributed by atoms with E-state index in [1.165, 1.54) is 6.42 Å². The molecule has 0 heterocycles. The lowest BCUT2D eigenvalue weighted by molar-refractivity contribution is -0.0927. The van der Waals surface area contributed by atoms with Crippen LogP contribution in [-0.4, -0.2) is 12.2 Å². The molecule has 98 valence electrons. The molecule has 2 nitrogen and oxygen atoms in total. The van der Waals surface area contributed by atoms with Gasteiger partial charge >= 0.3 is 0 Å². The Kier molecular flexibility index (Phi) is 5.01. The van der Waals surface area contributed by atoms with E-state index in [1.807, 2.05) is 0 Å². The summed E-state index contributed by atoms with van der Waals surface area (Å²) < 4.78 is 5.98. The predicted molar refractivity (Wildman–Crippen MR) is 70.4 cm³/mol. The Morgan fingerprint density at radius 3 is 2.18 bits per heavy atom. The highest BCUT2D eigenvalue weighted by atomic mass is 16.5. The van der Waals surface area contributed by atoms with Crippen LogP contribution in [0.2, 0.25) is 0 Å². The van der Waals surface area contributed by atoms with Gasteiger partial charge in [-0.15, -0.1) is 0 Å². The van der Waals surface area contributed by atoms with Gasteiger partial charge in [-0.2, -0.15) is 5.26 Å². The van der Waals surface area contributed by atoms with E-state index in [0.717, 1.165) is 0 Å². The van der Waals surface area contributed by atoms with Crippen LogP contribution in [0.4, 0.5) is 0 Å². The zero-order chi connectivity index (χ0) is 13.2. The number of hydrogen-bond donors (Lipinski definition) is 0. The van der Waals surface area contributed by atoms with E-state index in [2.05, 4.69) is 47.6 Å². The van der Waals surface area contributed by atoms with Crippen molar-refractivity contribution in [2.75, 3.05) is 0 Å². The highest BCUT2D eigenvalue weighted by molar-refractivity contribution is 5.01. The average Bonchev–Trinajstić information content (AvgIpc) is 2.22. The molecular formula is C15H27NO. The molecule has 0 amide bonds. The summed E-state index contributed by atoms with van der Waals surface area (Å²) in [5.41, 5.74) is 0. The Morgan fingerprint density at radius 2 is 1.76 bits per heavy atom. The zero-order valence-electron chi connectivity index (χ0n) is 12.1. The fourth-order valence-corrected chi connectivity index (χ4v) is 3.30. The summed E-state index contributed by atoms with van der Waals surface area (Å²) in [7, 11) is 0. The van der Waals surface area contributed by atoms with Gasteiger partial charge in [-0.3, -0.25) is 0 Å². The molecule has 5 unspecified atom stereocenters. The van der Waals surface area contributed by atoms with Crippen LogP contribution >= 0.6 is 0 Å². The van der Waals surface area contributed by atoms with E-state index in [0.29, 0.717) is 23.7 Å². The Bertz CT molecular complexity index is 279. The molecule has 0 spiro atoms. The molecule has 2 heteroatoms. The molecule has 0 aromatic carbocycles. The van der Waals surface area contributed by atoms with Crippen molar-refractivity contribution in [3.05, 3.63) is 0 Å². The molecule has 1 rings (SSSR count). The van der Waals surface area contributed by atoms with Gasteiger partial charge in [0.2, 0.25) is 0 Å². The topological polar surface area (TPSA) is 33.0 Å². The monoisotopic (exact) mass is 237 g/mol. The zero-order valence-corrected chi connectivity index (χ0v) is 12.1. The molecule has 1 fully saturated rings. The van der Waals surface area contributed by atoms with Crippen LogP contribution in [0.15, 0.2) is 0 Å². The van der Waals surface area contributed by atoms with E-state index in [9.17, 15) is 5.26 Å². The summed E-state index contributed by atoms with van der Waals surface area (Å²) in [4.78, 5) is 0. The maximum Gasteiger partial charge on any atom is 0.0764 e. The second kappa shape index (κ2) is 5.87. The Balaban J connectivity index is 2.85. The van der Waals surface area contributed by atoms with E-state index < -0.39 is 0 Å². The van der Waals surface area contributed by atoms with Gasteiger partial charge in [0.25, 0.3) is 0 Å². The van der Waals surface area contributed by atoms with Crippen LogP contribution in [0.3, 0.4) is 0 Å². The van der Waals surface area contributed by atoms with Gasteiger partial charge in [0.05, 0.1) is 24.2 Å². The van der Waals surface area contributed by atoms with Crippen LogP contribution < -0.4 is 0 Å². The van der Waals surface area contributed by atoms with Gasteiger partial charge in [0, 0.05) is 0 Å². The second-order valence-electron chi connectivity index (χ2n) is 6.28. The predicted octanol–water partition coefficient (Wildman–Crippen LogP) is 3.87. The molecule has 0 aromatic rings. The van der Waals surface area contributed by atoms with Crippen molar-refractivity contribution >= 4 is 0 Å². The van der Waals surface area contributed by atoms with Gasteiger partial charge in [-0.1, -0.05) is 27.7 Å². The minimum Gasteiger partial charge on any atom is -0.374 e. The first-order valence-electron chi connectivity index (χ1n) is 6.93. The summed E-state index contributed by atoms with van der Waals surface area (Å²) in [6, 6.07) is 2.50. The standard InChI is InChI=1S/C15H27NO/c1-9(2)13-7-11(5)15(17-10(3)4)14(8-16)12(13)6/h9-15H,7H2,1-6H3. The Labute approximate surface area is 106 Å². The molecule has 1 aliphatic carbocycles. The average molecular weight is 237 g/mol. The molecule has 0 bridgehead atoms. The Morgan fingerprint density at radius 1 is 1.18 bits per heavy atom. The van der Waals surface area contributed by atoms with Crippen LogP contribution in [-0.2, 0) is 4.74 Å². The lowest BCUT2D eigenvalue weighted by atomic mass is 9.64. The lowest BCUT2D eigenvalue weighted by Gasteiger charge is -2.44. The third-order valence-electron chi connectivity index (χ3n) is 4.24. The minimum absolute atomic E-state index is 0.0496. The van der Waals surface area contributed by atoms with Crippen LogP contribution in [0.25, 0.3) is 0 Å². The van der Waals surface area contributed by atoms with Crippen molar-refractivity contribution in [2.45, 2.75) is 60.2 Å². The van der Waals surface area contributed by atoms with E-state index in [-0.39, 0.29) is 18.1 Å². The van der Waals surface area contributed by atoms with E-state index in [1.54, 1.807) is 0 Å². The van der Waals surface area contributed by atoms with Crippen molar-refractivity contribution < 1.29 is 4.74 Å². The number of ether oxygens (including phenoxy) is 1. The lowest BCUT2D eigenvalue weighted by Crippen LogP contribution is -2.45. The van der Waals surface area contributed by atoms with Gasteiger partial charge < -0.3 is 4.74 Å². The molecule has 1 aliphatic rings. The van der Waals surface area contributed by atoms with Crippen molar-refractivity contribution in [1.29, 1.82) is 5.26 Å². The Hall–Kier alpha value is -0.550. The number of rotatable bonds is 3. The van der Waals surface area contributed by atoms with Gasteiger partial charge in [-0.25, -0.2) is 0 Å². The fourth-order valence-electron chi connectivity index (χ4n) is 3.30. The molecule has 1 saturated carbocycles. The summed E-state index contributed by atoms with van der Waals surface area (Å²) in [5, 5.41) is 9.43. The van der Waals surface area contributed by atoms with Crippen molar-refractivity contribution in [2.24, 2.45) is 29.6 Å². The first-order valence-corrected chi connectivity index (χ1v) is 6.93. The van der Waals surface area contributed by atoms with Gasteiger partial charge in [-0.05, 0) is 43.9 Å². The highest BCUT2D eigenvalue weighted by Crippen LogP contribution is 2.43. The maximum absolute atomic E-state index is 9.43. The maximum atomic E-state index is 9.43. The molecule has 0 aliphatic heterocycles. The van der Waals surface area contributed by atoms with Gasteiger partial charge in [0.15, 0.2) is 0 Å². The van der Waals surface area contributed by atoms with E-state index >= 15 is 0 Å². The number of hydrogen-bond acceptors (Lipinski definition) is 2. The summed E-state index contributed by atoms with van der Waals surface area (Å²) in [6.07, 6.45) is 1.51. The van der Waals surface area contributed by atoms with Crippen LogP contribution in [0.1, 0.15) is 48.0 Å².